The molecule has 0 fully saturated rings. The van der Waals surface area contributed by atoms with Crippen molar-refractivity contribution in [3.8, 4) is 0 Å². The van der Waals surface area contributed by atoms with Crippen LogP contribution < -0.4 is 6.15 Å². The number of hydrogen-bond acceptors (Lipinski definition) is 5. The van der Waals surface area contributed by atoms with Crippen LogP contribution in [0.4, 0.5) is 0 Å². The molecule has 5 nitrogen and oxygen atoms in total. The molecule has 0 amide bonds. The summed E-state index contributed by atoms with van der Waals surface area (Å²) in [6, 6.07) is 0. The molecule has 0 heterocycles. The average Bonchev–Trinajstić information content (AvgIpc) is 1.62. The van der Waals surface area contributed by atoms with E-state index in [2.05, 4.69) is 8.92 Å². The summed E-state index contributed by atoms with van der Waals surface area (Å²) < 4.78 is 29.5. The topological polar surface area (TPSA) is 87.6 Å². The predicted octanol–water partition coefficient (Wildman–Crippen LogP) is 0.117. The molecule has 0 aromatic heterocycles. The molecule has 1 atom stereocenters. The van der Waals surface area contributed by atoms with Gasteiger partial charge in [-0.1, -0.05) is 0 Å². The van der Waals surface area contributed by atoms with E-state index in [0.29, 0.717) is 0 Å². The van der Waals surface area contributed by atoms with E-state index in [1.165, 1.54) is 14.0 Å². The van der Waals surface area contributed by atoms with Gasteiger partial charge in [-0.25, -0.2) is 4.18 Å². The van der Waals surface area contributed by atoms with Gasteiger partial charge in [0.1, 0.15) is 0 Å². The van der Waals surface area contributed by atoms with Crippen LogP contribution in [-0.4, -0.2) is 28.1 Å². The monoisotopic (exact) mass is 171 g/mol. The van der Waals surface area contributed by atoms with Gasteiger partial charge in [0.2, 0.25) is 0 Å². The van der Waals surface area contributed by atoms with Gasteiger partial charge in [0.15, 0.2) is 6.29 Å². The molecule has 0 aromatic rings. The molecular weight excluding hydrogens is 158 g/mol. The second kappa shape index (κ2) is 4.62. The molecule has 0 aliphatic carbocycles. The molecule has 10 heavy (non-hydrogen) atoms. The lowest BCUT2D eigenvalue weighted by Crippen LogP contribution is -2.15. The third-order valence-electron chi connectivity index (χ3n) is 0.642. The van der Waals surface area contributed by atoms with Gasteiger partial charge in [0.05, 0.1) is 6.26 Å². The second-order valence-corrected chi connectivity index (χ2v) is 3.20. The first-order valence-corrected chi connectivity index (χ1v) is 4.18. The normalized spacial score (nSPS) is 13.9. The van der Waals surface area contributed by atoms with Gasteiger partial charge in [-0.05, 0) is 6.92 Å². The van der Waals surface area contributed by atoms with Crippen molar-refractivity contribution in [3.63, 3.8) is 0 Å². The molecule has 0 radical (unpaired) electrons. The third kappa shape index (κ3) is 7.83. The molecule has 0 spiro atoms. The van der Waals surface area contributed by atoms with Crippen LogP contribution in [0.25, 0.3) is 0 Å². The fraction of sp³-hybridized carbons (Fsp3) is 1.00. The third-order valence-corrected chi connectivity index (χ3v) is 1.26. The zero-order valence-electron chi connectivity index (χ0n) is 6.33. The first-order valence-electron chi connectivity index (χ1n) is 2.37. The van der Waals surface area contributed by atoms with Crippen molar-refractivity contribution in [2.75, 3.05) is 13.4 Å². The number of rotatable bonds is 3. The van der Waals surface area contributed by atoms with E-state index in [1.54, 1.807) is 0 Å². The SMILES string of the molecule is COC(C)OS(C)(=O)=O.N. The van der Waals surface area contributed by atoms with Crippen molar-refractivity contribution >= 4 is 10.1 Å². The molecule has 3 N–H and O–H groups in total. The van der Waals surface area contributed by atoms with Crippen LogP contribution in [-0.2, 0) is 19.0 Å². The first-order chi connectivity index (χ1) is 3.95. The Morgan fingerprint density at radius 2 is 1.80 bits per heavy atom. The Morgan fingerprint density at radius 1 is 1.40 bits per heavy atom. The zero-order chi connectivity index (χ0) is 7.49. The summed E-state index contributed by atoms with van der Waals surface area (Å²) in [4.78, 5) is 0. The van der Waals surface area contributed by atoms with Crippen LogP contribution >= 0.6 is 0 Å². The van der Waals surface area contributed by atoms with Gasteiger partial charge >= 0.3 is 0 Å². The van der Waals surface area contributed by atoms with Gasteiger partial charge in [-0.15, -0.1) is 0 Å². The van der Waals surface area contributed by atoms with E-state index in [9.17, 15) is 8.42 Å². The molecular formula is C4H13NO4S. The Hall–Kier alpha value is -0.170. The highest BCUT2D eigenvalue weighted by Gasteiger charge is 2.07. The Balaban J connectivity index is 0. The molecule has 64 valence electrons. The molecule has 0 saturated carbocycles. The highest BCUT2D eigenvalue weighted by Crippen LogP contribution is 1.95. The Morgan fingerprint density at radius 3 is 1.90 bits per heavy atom. The minimum atomic E-state index is -3.36. The summed E-state index contributed by atoms with van der Waals surface area (Å²) in [5, 5.41) is 0. The molecule has 0 aliphatic rings. The number of ether oxygens (including phenoxy) is 1. The van der Waals surface area contributed by atoms with Gasteiger partial charge in [-0.3, -0.25) is 0 Å². The van der Waals surface area contributed by atoms with Gasteiger partial charge < -0.3 is 10.9 Å². The lowest BCUT2D eigenvalue weighted by Gasteiger charge is -2.06. The van der Waals surface area contributed by atoms with Crippen molar-refractivity contribution in [2.24, 2.45) is 0 Å². The maximum absolute atomic E-state index is 10.3. The average molecular weight is 171 g/mol. The fourth-order valence-electron chi connectivity index (χ4n) is 0.285. The molecule has 0 aromatic carbocycles. The minimum Gasteiger partial charge on any atom is -0.355 e. The summed E-state index contributed by atoms with van der Waals surface area (Å²) >= 11 is 0. The highest BCUT2D eigenvalue weighted by atomic mass is 32.2. The lowest BCUT2D eigenvalue weighted by molar-refractivity contribution is -0.0330. The van der Waals surface area contributed by atoms with Crippen molar-refractivity contribution < 1.29 is 17.3 Å². The van der Waals surface area contributed by atoms with E-state index >= 15 is 0 Å². The van der Waals surface area contributed by atoms with Crippen molar-refractivity contribution in [1.29, 1.82) is 0 Å². The fourth-order valence-corrected chi connectivity index (χ4v) is 0.856. The maximum Gasteiger partial charge on any atom is 0.266 e. The van der Waals surface area contributed by atoms with Crippen molar-refractivity contribution in [1.82, 2.24) is 6.15 Å². The van der Waals surface area contributed by atoms with Gasteiger partial charge in [-0.2, -0.15) is 8.42 Å². The van der Waals surface area contributed by atoms with E-state index < -0.39 is 16.4 Å². The minimum absolute atomic E-state index is 0. The van der Waals surface area contributed by atoms with Crippen LogP contribution in [0.2, 0.25) is 0 Å². The van der Waals surface area contributed by atoms with Crippen LogP contribution in [0.1, 0.15) is 6.92 Å². The summed E-state index contributed by atoms with van der Waals surface area (Å²) in [6.07, 6.45) is 0.280. The Kier molecular flexibility index (Phi) is 5.77. The van der Waals surface area contributed by atoms with Crippen molar-refractivity contribution in [2.45, 2.75) is 13.2 Å². The van der Waals surface area contributed by atoms with E-state index in [-0.39, 0.29) is 6.15 Å². The van der Waals surface area contributed by atoms with Gasteiger partial charge in [0.25, 0.3) is 10.1 Å². The second-order valence-electron chi connectivity index (χ2n) is 1.60. The van der Waals surface area contributed by atoms with Gasteiger partial charge in [0, 0.05) is 7.11 Å². The smallest absolute Gasteiger partial charge is 0.266 e. The Labute approximate surface area is 61.0 Å². The molecule has 1 unspecified atom stereocenters. The summed E-state index contributed by atoms with van der Waals surface area (Å²) in [7, 11) is -1.99. The van der Waals surface area contributed by atoms with Crippen LogP contribution in [0.5, 0.6) is 0 Å². The van der Waals surface area contributed by atoms with E-state index in [0.717, 1.165) is 6.26 Å². The molecule has 6 heteroatoms. The van der Waals surface area contributed by atoms with Crippen LogP contribution in [0, 0.1) is 0 Å². The van der Waals surface area contributed by atoms with Crippen LogP contribution in [0.3, 0.4) is 0 Å². The largest absolute Gasteiger partial charge is 0.355 e. The number of methoxy groups -OCH3 is 1. The standard InChI is InChI=1S/C4H10O4S.H3N/c1-4(7-2)8-9(3,5)6;/h4H,1-3H3;1H3. The summed E-state index contributed by atoms with van der Waals surface area (Å²) in [6.45, 7) is 1.50. The lowest BCUT2D eigenvalue weighted by atomic mass is 10.8. The van der Waals surface area contributed by atoms with E-state index in [1.807, 2.05) is 0 Å². The maximum atomic E-state index is 10.3. The predicted molar refractivity (Wildman–Crippen MR) is 37.4 cm³/mol. The quantitative estimate of drug-likeness (QED) is 0.481. The molecule has 0 rings (SSSR count). The first kappa shape index (κ1) is 12.5. The Bertz CT molecular complexity index is 164. The van der Waals surface area contributed by atoms with Crippen LogP contribution in [0.15, 0.2) is 0 Å². The highest BCUT2D eigenvalue weighted by molar-refractivity contribution is 7.86. The van der Waals surface area contributed by atoms with E-state index in [4.69, 9.17) is 0 Å². The summed E-state index contributed by atoms with van der Waals surface area (Å²) in [5.74, 6) is 0. The zero-order valence-corrected chi connectivity index (χ0v) is 7.14. The molecule has 0 saturated heterocycles. The summed E-state index contributed by atoms with van der Waals surface area (Å²) in [5.41, 5.74) is 0. The number of hydrogen-bond donors (Lipinski definition) is 1. The molecule has 0 bridgehead atoms. The van der Waals surface area contributed by atoms with Crippen molar-refractivity contribution in [3.05, 3.63) is 0 Å². The molecule has 0 aliphatic heterocycles.